The maximum atomic E-state index is 13.6. The molecule has 1 aliphatic rings. The fourth-order valence-corrected chi connectivity index (χ4v) is 6.02. The zero-order valence-corrected chi connectivity index (χ0v) is 24.2. The first-order valence-electron chi connectivity index (χ1n) is 14.1. The monoisotopic (exact) mass is 586 g/mol. The van der Waals surface area contributed by atoms with Crippen LogP contribution in [-0.4, -0.2) is 35.0 Å². The number of aromatic amines is 1. The fourth-order valence-electron chi connectivity index (χ4n) is 5.19. The molecule has 5 aromatic rings. The summed E-state index contributed by atoms with van der Waals surface area (Å²) in [6, 6.07) is 32.0. The van der Waals surface area contributed by atoms with E-state index in [2.05, 4.69) is 21.7 Å². The van der Waals surface area contributed by atoms with Crippen molar-refractivity contribution in [2.24, 2.45) is 0 Å². The number of H-pyrrole nitrogens is 1. The van der Waals surface area contributed by atoms with Gasteiger partial charge in [0.2, 0.25) is 5.91 Å². The molecule has 0 atom stereocenters. The first kappa shape index (κ1) is 28.1. The Morgan fingerprint density at radius 2 is 1.67 bits per heavy atom. The Morgan fingerprint density at radius 1 is 0.884 bits per heavy atom. The molecule has 1 aromatic heterocycles. The number of fused-ring (bicyclic) bond motifs is 2. The molecule has 214 valence electrons. The van der Waals surface area contributed by atoms with E-state index in [9.17, 15) is 14.4 Å². The van der Waals surface area contributed by atoms with E-state index >= 15 is 0 Å². The predicted molar refractivity (Wildman–Crippen MR) is 173 cm³/mol. The summed E-state index contributed by atoms with van der Waals surface area (Å²) in [7, 11) is 0. The van der Waals surface area contributed by atoms with Gasteiger partial charge < -0.3 is 20.5 Å². The van der Waals surface area contributed by atoms with Crippen molar-refractivity contribution >= 4 is 57.8 Å². The topological polar surface area (TPSA) is 94.3 Å². The number of rotatable bonds is 8. The Hall–Kier alpha value is -5.08. The Morgan fingerprint density at radius 3 is 2.56 bits per heavy atom. The van der Waals surface area contributed by atoms with Crippen molar-refractivity contribution in [2.75, 3.05) is 22.5 Å². The van der Waals surface area contributed by atoms with Crippen LogP contribution in [0.25, 0.3) is 17.0 Å². The Bertz CT molecular complexity index is 1830. The molecule has 3 N–H and O–H groups in total. The number of carbonyl (C=O) groups excluding carboxylic acids is 3. The van der Waals surface area contributed by atoms with E-state index in [4.69, 9.17) is 0 Å². The normalized spacial score (nSPS) is 12.9. The van der Waals surface area contributed by atoms with E-state index in [-0.39, 0.29) is 23.3 Å². The lowest BCUT2D eigenvalue weighted by Gasteiger charge is -2.29. The molecule has 43 heavy (non-hydrogen) atoms. The highest BCUT2D eigenvalue weighted by Crippen LogP contribution is 2.29. The van der Waals surface area contributed by atoms with Gasteiger partial charge in [-0.2, -0.15) is 0 Å². The molecule has 3 amide bonds. The van der Waals surface area contributed by atoms with Crippen LogP contribution in [0.5, 0.6) is 0 Å². The second kappa shape index (κ2) is 12.8. The molecular formula is C35H30N4O3S. The summed E-state index contributed by atoms with van der Waals surface area (Å²) in [6.45, 7) is 0.715. The van der Waals surface area contributed by atoms with Crippen LogP contribution >= 0.6 is 11.8 Å². The van der Waals surface area contributed by atoms with E-state index in [0.717, 1.165) is 39.9 Å². The highest BCUT2D eigenvalue weighted by molar-refractivity contribution is 8.00. The van der Waals surface area contributed by atoms with Crippen LogP contribution in [0.4, 0.5) is 11.4 Å². The Balaban J connectivity index is 1.18. The number of nitrogens with one attached hydrogen (secondary N) is 3. The third-order valence-electron chi connectivity index (χ3n) is 7.32. The average molecular weight is 587 g/mol. The SMILES string of the molecule is O=C(Nc1cccc(SCC(=O)N2CCCc3ccccc32)c1)/C(=C/c1c[nH]c2ccccc12)NC(=O)c1ccccc1. The van der Waals surface area contributed by atoms with Gasteiger partial charge in [-0.05, 0) is 66.9 Å². The van der Waals surface area contributed by atoms with Crippen LogP contribution in [0, 0.1) is 0 Å². The number of para-hydroxylation sites is 2. The lowest BCUT2D eigenvalue weighted by Crippen LogP contribution is -2.36. The first-order chi connectivity index (χ1) is 21.0. The van der Waals surface area contributed by atoms with Crippen LogP contribution in [0.1, 0.15) is 27.9 Å². The van der Waals surface area contributed by atoms with Crippen molar-refractivity contribution in [1.29, 1.82) is 0 Å². The predicted octanol–water partition coefficient (Wildman–Crippen LogP) is 6.65. The first-order valence-corrected chi connectivity index (χ1v) is 15.1. The highest BCUT2D eigenvalue weighted by atomic mass is 32.2. The molecule has 8 heteroatoms. The van der Waals surface area contributed by atoms with Gasteiger partial charge in [-0.3, -0.25) is 14.4 Å². The molecule has 0 bridgehead atoms. The lowest BCUT2D eigenvalue weighted by molar-refractivity contribution is -0.116. The minimum atomic E-state index is -0.460. The van der Waals surface area contributed by atoms with Gasteiger partial charge >= 0.3 is 0 Å². The molecule has 0 radical (unpaired) electrons. The van der Waals surface area contributed by atoms with E-state index in [1.54, 1.807) is 36.4 Å². The van der Waals surface area contributed by atoms with Crippen molar-refractivity contribution < 1.29 is 14.4 Å². The van der Waals surface area contributed by atoms with Gasteiger partial charge in [0.25, 0.3) is 11.8 Å². The maximum Gasteiger partial charge on any atom is 0.272 e. The fraction of sp³-hybridized carbons (Fsp3) is 0.114. The standard InChI is InChI=1S/C35H30N4O3S/c40-33(39-19-9-13-24-10-4-7-18-32(24)39)23-43-28-15-8-14-27(21-28)37-35(42)31(38-34(41)25-11-2-1-3-12-25)20-26-22-36-30-17-6-5-16-29(26)30/h1-8,10-12,14-18,20-22,36H,9,13,19,23H2,(H,37,42)(H,38,41)/b31-20-. The molecule has 6 rings (SSSR count). The maximum absolute atomic E-state index is 13.6. The summed E-state index contributed by atoms with van der Waals surface area (Å²) < 4.78 is 0. The number of benzene rings is 4. The van der Waals surface area contributed by atoms with Crippen molar-refractivity contribution in [3.8, 4) is 0 Å². The van der Waals surface area contributed by atoms with Gasteiger partial charge in [-0.15, -0.1) is 11.8 Å². The molecule has 0 aliphatic carbocycles. The van der Waals surface area contributed by atoms with Crippen LogP contribution < -0.4 is 15.5 Å². The number of thioether (sulfide) groups is 1. The third-order valence-corrected chi connectivity index (χ3v) is 8.29. The molecule has 1 aliphatic heterocycles. The average Bonchev–Trinajstić information content (AvgIpc) is 3.46. The van der Waals surface area contributed by atoms with Crippen LogP contribution in [0.2, 0.25) is 0 Å². The number of anilines is 2. The molecule has 0 saturated heterocycles. The summed E-state index contributed by atoms with van der Waals surface area (Å²) in [5.41, 5.74) is 5.01. The zero-order valence-electron chi connectivity index (χ0n) is 23.4. The number of carbonyl (C=O) groups is 3. The van der Waals surface area contributed by atoms with Crippen molar-refractivity contribution in [2.45, 2.75) is 17.7 Å². The molecule has 2 heterocycles. The van der Waals surface area contributed by atoms with Crippen molar-refractivity contribution in [3.63, 3.8) is 0 Å². The van der Waals surface area contributed by atoms with Gasteiger partial charge in [-0.25, -0.2) is 0 Å². The van der Waals surface area contributed by atoms with Gasteiger partial charge in [0.15, 0.2) is 0 Å². The summed E-state index contributed by atoms with van der Waals surface area (Å²) in [5, 5.41) is 6.65. The largest absolute Gasteiger partial charge is 0.361 e. The molecule has 4 aromatic carbocycles. The van der Waals surface area contributed by atoms with E-state index in [1.165, 1.54) is 17.3 Å². The second-order valence-electron chi connectivity index (χ2n) is 10.2. The highest BCUT2D eigenvalue weighted by Gasteiger charge is 2.22. The van der Waals surface area contributed by atoms with Crippen LogP contribution in [0.15, 0.2) is 120 Å². The minimum Gasteiger partial charge on any atom is -0.361 e. The third kappa shape index (κ3) is 6.55. The van der Waals surface area contributed by atoms with Crippen LogP contribution in [0.3, 0.4) is 0 Å². The number of hydrogen-bond acceptors (Lipinski definition) is 4. The second-order valence-corrected chi connectivity index (χ2v) is 11.3. The zero-order chi connectivity index (χ0) is 29.6. The van der Waals surface area contributed by atoms with Gasteiger partial charge in [0, 0.05) is 51.0 Å². The number of hydrogen-bond donors (Lipinski definition) is 3. The quantitative estimate of drug-likeness (QED) is 0.140. The number of aryl methyl sites for hydroxylation is 1. The summed E-state index contributed by atoms with van der Waals surface area (Å²) >= 11 is 1.43. The van der Waals surface area contributed by atoms with Gasteiger partial charge in [-0.1, -0.05) is 60.7 Å². The number of nitrogens with zero attached hydrogens (tertiary/aromatic N) is 1. The number of aromatic nitrogens is 1. The summed E-state index contributed by atoms with van der Waals surface area (Å²) in [4.78, 5) is 45.7. The molecular weight excluding hydrogens is 556 g/mol. The summed E-state index contributed by atoms with van der Waals surface area (Å²) in [6.07, 6.45) is 5.41. The Kier molecular flexibility index (Phi) is 8.38. The van der Waals surface area contributed by atoms with E-state index in [1.807, 2.05) is 77.8 Å². The van der Waals surface area contributed by atoms with E-state index < -0.39 is 5.91 Å². The number of amides is 3. The van der Waals surface area contributed by atoms with E-state index in [0.29, 0.717) is 17.8 Å². The lowest BCUT2D eigenvalue weighted by atomic mass is 10.0. The molecule has 0 saturated carbocycles. The van der Waals surface area contributed by atoms with Crippen molar-refractivity contribution in [3.05, 3.63) is 132 Å². The molecule has 0 unspecified atom stereocenters. The molecule has 0 fully saturated rings. The minimum absolute atomic E-state index is 0.0548. The smallest absolute Gasteiger partial charge is 0.272 e. The summed E-state index contributed by atoms with van der Waals surface area (Å²) in [5.74, 6) is -0.509. The molecule has 7 nitrogen and oxygen atoms in total. The van der Waals surface area contributed by atoms with Crippen LogP contribution in [-0.2, 0) is 16.0 Å². The molecule has 0 spiro atoms. The van der Waals surface area contributed by atoms with Gasteiger partial charge in [0.05, 0.1) is 5.75 Å². The van der Waals surface area contributed by atoms with Crippen molar-refractivity contribution in [1.82, 2.24) is 10.3 Å². The Labute approximate surface area is 254 Å². The van der Waals surface area contributed by atoms with Gasteiger partial charge in [0.1, 0.15) is 5.70 Å².